The first-order valence-electron chi connectivity index (χ1n) is 7.06. The molecule has 20 heavy (non-hydrogen) atoms. The molecule has 0 unspecified atom stereocenters. The summed E-state index contributed by atoms with van der Waals surface area (Å²) in [6, 6.07) is 6.00. The van der Waals surface area contributed by atoms with Gasteiger partial charge >= 0.3 is 0 Å². The van der Waals surface area contributed by atoms with Crippen LogP contribution in [0.1, 0.15) is 24.0 Å². The van der Waals surface area contributed by atoms with E-state index >= 15 is 0 Å². The number of amides is 1. The Hall–Kier alpha value is -1.81. The van der Waals surface area contributed by atoms with Crippen LogP contribution in [0.3, 0.4) is 0 Å². The average Bonchev–Trinajstić information content (AvgIpc) is 3.05. The second-order valence-electron chi connectivity index (χ2n) is 5.50. The fourth-order valence-corrected chi connectivity index (χ4v) is 2.95. The quantitative estimate of drug-likeness (QED) is 0.933. The summed E-state index contributed by atoms with van der Waals surface area (Å²) in [5, 5.41) is 10.3. The molecule has 4 heteroatoms. The molecule has 1 aromatic carbocycles. The number of aliphatic hydroxyl groups excluding tert-OH is 1. The topological polar surface area (TPSA) is 53.7 Å². The first kappa shape index (κ1) is 13.2. The van der Waals surface area contributed by atoms with E-state index < -0.39 is 0 Å². The highest BCUT2D eigenvalue weighted by molar-refractivity contribution is 5.88. The highest BCUT2D eigenvalue weighted by Gasteiger charge is 2.28. The minimum atomic E-state index is -0.0112. The van der Waals surface area contributed by atoms with E-state index in [1.165, 1.54) is 0 Å². The van der Waals surface area contributed by atoms with Gasteiger partial charge < -0.3 is 14.4 Å². The maximum absolute atomic E-state index is 12.4. The van der Waals surface area contributed by atoms with Crippen LogP contribution in [-0.2, 0) is 11.2 Å². The lowest BCUT2D eigenvalue weighted by atomic mass is 10.1. The molecule has 0 radical (unpaired) electrons. The number of aryl methyl sites for hydroxylation is 1. The highest BCUT2D eigenvalue weighted by Crippen LogP contribution is 2.24. The van der Waals surface area contributed by atoms with Gasteiger partial charge in [0, 0.05) is 17.5 Å². The normalized spacial score (nSPS) is 18.9. The van der Waals surface area contributed by atoms with Crippen molar-refractivity contribution < 1.29 is 14.3 Å². The van der Waals surface area contributed by atoms with Crippen LogP contribution in [0.5, 0.6) is 0 Å². The van der Waals surface area contributed by atoms with Crippen molar-refractivity contribution >= 4 is 16.9 Å². The SMILES string of the molecule is Cc1ccc2c(CC(=O)N3CCC[C@H]3CO)coc2c1. The van der Waals surface area contributed by atoms with Crippen molar-refractivity contribution in [3.05, 3.63) is 35.6 Å². The van der Waals surface area contributed by atoms with Crippen molar-refractivity contribution in [2.24, 2.45) is 0 Å². The van der Waals surface area contributed by atoms with E-state index in [1.54, 1.807) is 11.2 Å². The lowest BCUT2D eigenvalue weighted by Crippen LogP contribution is -2.38. The van der Waals surface area contributed by atoms with Crippen molar-refractivity contribution in [2.45, 2.75) is 32.2 Å². The lowest BCUT2D eigenvalue weighted by molar-refractivity contribution is -0.131. The Bertz CT molecular complexity index is 632. The van der Waals surface area contributed by atoms with Gasteiger partial charge in [0.2, 0.25) is 5.91 Å². The lowest BCUT2D eigenvalue weighted by Gasteiger charge is -2.22. The molecule has 0 spiro atoms. The van der Waals surface area contributed by atoms with E-state index in [9.17, 15) is 9.90 Å². The third-order valence-corrected chi connectivity index (χ3v) is 4.06. The molecule has 3 rings (SSSR count). The van der Waals surface area contributed by atoms with Gasteiger partial charge in [-0.25, -0.2) is 0 Å². The zero-order valence-electron chi connectivity index (χ0n) is 11.6. The number of benzene rings is 1. The Labute approximate surface area is 118 Å². The summed E-state index contributed by atoms with van der Waals surface area (Å²) in [5.41, 5.74) is 2.89. The number of fused-ring (bicyclic) bond motifs is 1. The molecule has 1 amide bonds. The van der Waals surface area contributed by atoms with Gasteiger partial charge in [0.05, 0.1) is 25.3 Å². The van der Waals surface area contributed by atoms with Gasteiger partial charge in [-0.05, 0) is 31.4 Å². The number of aliphatic hydroxyl groups is 1. The predicted molar refractivity (Wildman–Crippen MR) is 76.5 cm³/mol. The van der Waals surface area contributed by atoms with Gasteiger partial charge in [0.25, 0.3) is 0 Å². The average molecular weight is 273 g/mol. The fourth-order valence-electron chi connectivity index (χ4n) is 2.95. The summed E-state index contributed by atoms with van der Waals surface area (Å²) in [4.78, 5) is 14.2. The molecule has 2 aromatic rings. The van der Waals surface area contributed by atoms with Crippen molar-refractivity contribution in [1.29, 1.82) is 0 Å². The summed E-state index contributed by atoms with van der Waals surface area (Å²) in [6.45, 7) is 2.82. The molecule has 4 nitrogen and oxygen atoms in total. The minimum Gasteiger partial charge on any atom is -0.464 e. The van der Waals surface area contributed by atoms with Crippen LogP contribution >= 0.6 is 0 Å². The van der Waals surface area contributed by atoms with Crippen LogP contribution in [0.25, 0.3) is 11.0 Å². The number of hydrogen-bond acceptors (Lipinski definition) is 3. The van der Waals surface area contributed by atoms with E-state index in [2.05, 4.69) is 0 Å². The van der Waals surface area contributed by atoms with E-state index in [0.29, 0.717) is 6.42 Å². The molecule has 1 N–H and O–H groups in total. The number of rotatable bonds is 3. The number of nitrogens with zero attached hydrogens (tertiary/aromatic N) is 1. The second-order valence-corrected chi connectivity index (χ2v) is 5.50. The van der Waals surface area contributed by atoms with E-state index in [0.717, 1.165) is 41.5 Å². The second kappa shape index (κ2) is 5.29. The van der Waals surface area contributed by atoms with Crippen molar-refractivity contribution in [2.75, 3.05) is 13.2 Å². The maximum Gasteiger partial charge on any atom is 0.227 e. The van der Waals surface area contributed by atoms with Gasteiger partial charge in [-0.15, -0.1) is 0 Å². The molecular weight excluding hydrogens is 254 g/mol. The molecule has 1 aliphatic heterocycles. The molecule has 1 aromatic heterocycles. The van der Waals surface area contributed by atoms with Gasteiger partial charge in [-0.2, -0.15) is 0 Å². The van der Waals surface area contributed by atoms with Gasteiger partial charge in [0.15, 0.2) is 0 Å². The third kappa shape index (κ3) is 2.31. The molecule has 1 fully saturated rings. The first-order chi connectivity index (χ1) is 9.69. The largest absolute Gasteiger partial charge is 0.464 e. The van der Waals surface area contributed by atoms with Crippen LogP contribution in [0.4, 0.5) is 0 Å². The van der Waals surface area contributed by atoms with Crippen molar-refractivity contribution in [3.63, 3.8) is 0 Å². The number of furan rings is 1. The molecule has 1 atom stereocenters. The first-order valence-corrected chi connectivity index (χ1v) is 7.06. The standard InChI is InChI=1S/C16H19NO3/c1-11-4-5-14-12(10-20-15(14)7-11)8-16(19)17-6-2-3-13(17)9-18/h4-5,7,10,13,18H,2-3,6,8-9H2,1H3/t13-/m0/s1. The molecular formula is C16H19NO3. The van der Waals surface area contributed by atoms with Gasteiger partial charge in [0.1, 0.15) is 5.58 Å². The molecule has 0 bridgehead atoms. The predicted octanol–water partition coefficient (Wildman–Crippen LogP) is 2.27. The number of likely N-dealkylation sites (tertiary alicyclic amines) is 1. The Morgan fingerprint density at radius 2 is 2.35 bits per heavy atom. The summed E-state index contributed by atoms with van der Waals surface area (Å²) in [6.07, 6.45) is 3.88. The Morgan fingerprint density at radius 1 is 1.50 bits per heavy atom. The molecule has 106 valence electrons. The minimum absolute atomic E-state index is 0.0112. The summed E-state index contributed by atoms with van der Waals surface area (Å²) >= 11 is 0. The molecule has 1 aliphatic rings. The summed E-state index contributed by atoms with van der Waals surface area (Å²) < 4.78 is 5.53. The number of carbonyl (C=O) groups excluding carboxylic acids is 1. The number of carbonyl (C=O) groups is 1. The molecule has 0 aliphatic carbocycles. The van der Waals surface area contributed by atoms with E-state index in [-0.39, 0.29) is 18.6 Å². The zero-order chi connectivity index (χ0) is 14.1. The third-order valence-electron chi connectivity index (χ3n) is 4.06. The van der Waals surface area contributed by atoms with E-state index in [4.69, 9.17) is 4.42 Å². The maximum atomic E-state index is 12.4. The van der Waals surface area contributed by atoms with Crippen LogP contribution < -0.4 is 0 Å². The van der Waals surface area contributed by atoms with E-state index in [1.807, 2.05) is 25.1 Å². The highest BCUT2D eigenvalue weighted by atomic mass is 16.3. The van der Waals surface area contributed by atoms with Crippen LogP contribution in [0, 0.1) is 6.92 Å². The number of hydrogen-bond donors (Lipinski definition) is 1. The summed E-state index contributed by atoms with van der Waals surface area (Å²) in [7, 11) is 0. The van der Waals surface area contributed by atoms with Gasteiger partial charge in [-0.3, -0.25) is 4.79 Å². The summed E-state index contributed by atoms with van der Waals surface area (Å²) in [5.74, 6) is 0.0739. The van der Waals surface area contributed by atoms with Crippen molar-refractivity contribution in [1.82, 2.24) is 4.90 Å². The monoisotopic (exact) mass is 273 g/mol. The van der Waals surface area contributed by atoms with Crippen LogP contribution in [0.2, 0.25) is 0 Å². The molecule has 0 saturated carbocycles. The Balaban J connectivity index is 1.81. The smallest absolute Gasteiger partial charge is 0.227 e. The fraction of sp³-hybridized carbons (Fsp3) is 0.438. The van der Waals surface area contributed by atoms with Crippen LogP contribution in [0.15, 0.2) is 28.9 Å². The zero-order valence-corrected chi connectivity index (χ0v) is 11.6. The molecule has 1 saturated heterocycles. The molecule has 2 heterocycles. The van der Waals surface area contributed by atoms with Gasteiger partial charge in [-0.1, -0.05) is 12.1 Å². The van der Waals surface area contributed by atoms with Crippen molar-refractivity contribution in [3.8, 4) is 0 Å². The Morgan fingerprint density at radius 3 is 3.15 bits per heavy atom. The van der Waals surface area contributed by atoms with Crippen LogP contribution in [-0.4, -0.2) is 35.1 Å². The Kier molecular flexibility index (Phi) is 3.49.